The topological polar surface area (TPSA) is 49.3 Å². The fourth-order valence-corrected chi connectivity index (χ4v) is 3.72. The Kier molecular flexibility index (Phi) is 4.43. The van der Waals surface area contributed by atoms with Crippen molar-refractivity contribution in [1.29, 1.82) is 0 Å². The van der Waals surface area contributed by atoms with E-state index >= 15 is 0 Å². The van der Waals surface area contributed by atoms with Gasteiger partial charge in [0, 0.05) is 11.1 Å². The Morgan fingerprint density at radius 1 is 1.38 bits per heavy atom. The summed E-state index contributed by atoms with van der Waals surface area (Å²) in [5.74, 6) is -0.0751. The van der Waals surface area contributed by atoms with Crippen LogP contribution < -0.4 is 5.32 Å². The molecule has 0 saturated heterocycles. The number of carbonyl (C=O) groups is 1. The molecule has 21 heavy (non-hydrogen) atoms. The molecule has 0 radical (unpaired) electrons. The number of hydrogen-bond acceptors (Lipinski definition) is 4. The first-order valence-electron chi connectivity index (χ1n) is 6.83. The summed E-state index contributed by atoms with van der Waals surface area (Å²) in [5, 5.41) is 15.0. The van der Waals surface area contributed by atoms with Crippen molar-refractivity contribution < 1.29 is 9.90 Å². The summed E-state index contributed by atoms with van der Waals surface area (Å²) in [6.45, 7) is 7.08. The van der Waals surface area contributed by atoms with Gasteiger partial charge in [-0.05, 0) is 39.3 Å². The van der Waals surface area contributed by atoms with Gasteiger partial charge >= 0.3 is 0 Å². The zero-order valence-corrected chi connectivity index (χ0v) is 14.2. The van der Waals surface area contributed by atoms with Crippen LogP contribution in [0.1, 0.15) is 39.3 Å². The lowest BCUT2D eigenvalue weighted by Gasteiger charge is -2.34. The quantitative estimate of drug-likeness (QED) is 0.886. The number of halogens is 1. The van der Waals surface area contributed by atoms with Crippen molar-refractivity contribution in [1.82, 2.24) is 5.32 Å². The third kappa shape index (κ3) is 3.12. The molecular weight excluding hydrogens is 306 g/mol. The number of thioether (sulfide) groups is 1. The van der Waals surface area contributed by atoms with Crippen molar-refractivity contribution in [3.63, 3.8) is 0 Å². The zero-order chi connectivity index (χ0) is 15.8. The normalized spacial score (nSPS) is 23.9. The molecule has 2 atom stereocenters. The van der Waals surface area contributed by atoms with E-state index in [-0.39, 0.29) is 11.8 Å². The van der Waals surface area contributed by atoms with E-state index < -0.39 is 10.3 Å². The Morgan fingerprint density at radius 3 is 2.52 bits per heavy atom. The van der Waals surface area contributed by atoms with Gasteiger partial charge in [-0.25, -0.2) is 0 Å². The van der Waals surface area contributed by atoms with Crippen LogP contribution in [0.25, 0.3) is 0 Å². The third-order valence-corrected chi connectivity index (χ3v) is 5.85. The molecule has 1 aliphatic heterocycles. The molecule has 2 rings (SSSR count). The first-order chi connectivity index (χ1) is 9.65. The minimum Gasteiger partial charge on any atom is -0.389 e. The molecule has 0 fully saturated rings. The summed E-state index contributed by atoms with van der Waals surface area (Å²) in [6.07, 6.45) is 1.57. The van der Waals surface area contributed by atoms with E-state index in [2.05, 4.69) is 5.32 Å². The van der Waals surface area contributed by atoms with Gasteiger partial charge < -0.3 is 10.4 Å². The van der Waals surface area contributed by atoms with Gasteiger partial charge in [-0.3, -0.25) is 4.79 Å². The molecule has 0 spiro atoms. The number of nitrogens with one attached hydrogen (secondary N) is 1. The highest BCUT2D eigenvalue weighted by atomic mass is 35.5. The van der Waals surface area contributed by atoms with Gasteiger partial charge in [0.05, 0.1) is 16.7 Å². The van der Waals surface area contributed by atoms with E-state index in [0.717, 1.165) is 10.6 Å². The third-order valence-electron chi connectivity index (χ3n) is 3.94. The summed E-state index contributed by atoms with van der Waals surface area (Å²) < 4.78 is -0.866. The van der Waals surface area contributed by atoms with Crippen molar-refractivity contribution in [2.45, 2.75) is 44.1 Å². The molecule has 2 N–H and O–H groups in total. The second-order valence-corrected chi connectivity index (χ2v) is 7.82. The lowest BCUT2D eigenvalue weighted by Crippen LogP contribution is -2.48. The van der Waals surface area contributed by atoms with Crippen LogP contribution in [0, 0.1) is 0 Å². The van der Waals surface area contributed by atoms with Gasteiger partial charge in [-0.2, -0.15) is 0 Å². The van der Waals surface area contributed by atoms with Crippen LogP contribution in [-0.2, 0) is 4.79 Å². The zero-order valence-electron chi connectivity index (χ0n) is 12.6. The van der Waals surface area contributed by atoms with E-state index in [1.807, 2.05) is 31.2 Å². The molecule has 114 valence electrons. The standard InChI is InChI=1S/C16H20ClNO2S/c1-10(11-7-5-6-8-12(11)17)18-14-9-13(19)16(4,21-14)15(2,3)20/h5-10,18,20H,1-4H3/t10-,16+/m0/s1. The Bertz CT molecular complexity index is 594. The maximum atomic E-state index is 12.2. The maximum Gasteiger partial charge on any atom is 0.177 e. The lowest BCUT2D eigenvalue weighted by molar-refractivity contribution is -0.121. The molecule has 0 aliphatic carbocycles. The number of rotatable bonds is 4. The van der Waals surface area contributed by atoms with Crippen LogP contribution in [0.4, 0.5) is 0 Å². The summed E-state index contributed by atoms with van der Waals surface area (Å²) >= 11 is 7.55. The van der Waals surface area contributed by atoms with E-state index in [9.17, 15) is 9.90 Å². The average Bonchev–Trinajstić information content (AvgIpc) is 2.65. The molecule has 1 aromatic rings. The van der Waals surface area contributed by atoms with Gasteiger partial charge in [0.1, 0.15) is 4.75 Å². The van der Waals surface area contributed by atoms with Gasteiger partial charge in [0.15, 0.2) is 5.78 Å². The second kappa shape index (κ2) is 5.67. The summed E-state index contributed by atoms with van der Waals surface area (Å²) in [4.78, 5) is 12.2. The smallest absolute Gasteiger partial charge is 0.177 e. The Balaban J connectivity index is 2.14. The number of ketones is 1. The molecule has 0 amide bonds. The minimum atomic E-state index is -1.09. The molecule has 0 unspecified atom stereocenters. The number of benzene rings is 1. The summed E-state index contributed by atoms with van der Waals surface area (Å²) in [7, 11) is 0. The summed E-state index contributed by atoms with van der Waals surface area (Å²) in [5.41, 5.74) is -0.118. The number of aliphatic hydroxyl groups is 1. The SMILES string of the molecule is C[C@H](NC1=CC(=O)[C@](C)(C(C)(C)O)S1)c1ccccc1Cl. The Hall–Kier alpha value is -0.970. The molecule has 3 nitrogen and oxygen atoms in total. The van der Waals surface area contributed by atoms with Crippen molar-refractivity contribution >= 4 is 29.1 Å². The van der Waals surface area contributed by atoms with Crippen LogP contribution in [0.3, 0.4) is 0 Å². The van der Waals surface area contributed by atoms with Gasteiger partial charge in [0.25, 0.3) is 0 Å². The van der Waals surface area contributed by atoms with Crippen molar-refractivity contribution in [3.05, 3.63) is 46.0 Å². The second-order valence-electron chi connectivity index (χ2n) is 5.95. The van der Waals surface area contributed by atoms with Gasteiger partial charge in [-0.1, -0.05) is 41.6 Å². The van der Waals surface area contributed by atoms with E-state index in [1.54, 1.807) is 26.8 Å². The Labute approximate surface area is 134 Å². The summed E-state index contributed by atoms with van der Waals surface area (Å²) in [6, 6.07) is 7.60. The van der Waals surface area contributed by atoms with E-state index in [1.165, 1.54) is 11.8 Å². The van der Waals surface area contributed by atoms with Crippen molar-refractivity contribution in [3.8, 4) is 0 Å². The highest BCUT2D eigenvalue weighted by molar-refractivity contribution is 8.05. The average molecular weight is 326 g/mol. The fraction of sp³-hybridized carbons (Fsp3) is 0.438. The molecule has 0 aromatic heterocycles. The van der Waals surface area contributed by atoms with Crippen LogP contribution in [0.5, 0.6) is 0 Å². The highest BCUT2D eigenvalue weighted by Crippen LogP contribution is 2.45. The van der Waals surface area contributed by atoms with Gasteiger partial charge in [0.2, 0.25) is 0 Å². The molecule has 0 saturated carbocycles. The first kappa shape index (κ1) is 16.4. The van der Waals surface area contributed by atoms with Crippen molar-refractivity contribution in [2.75, 3.05) is 0 Å². The monoisotopic (exact) mass is 325 g/mol. The minimum absolute atomic E-state index is 0.0191. The van der Waals surface area contributed by atoms with Gasteiger partial charge in [-0.15, -0.1) is 0 Å². The Morgan fingerprint density at radius 2 is 2.00 bits per heavy atom. The highest BCUT2D eigenvalue weighted by Gasteiger charge is 2.50. The van der Waals surface area contributed by atoms with E-state index in [0.29, 0.717) is 5.02 Å². The molecule has 1 aliphatic rings. The predicted octanol–water partition coefficient (Wildman–Crippen LogP) is 3.68. The number of allylic oxidation sites excluding steroid dienone is 1. The van der Waals surface area contributed by atoms with E-state index in [4.69, 9.17) is 11.6 Å². The fourth-order valence-electron chi connectivity index (χ4n) is 2.17. The van der Waals surface area contributed by atoms with Crippen molar-refractivity contribution in [2.24, 2.45) is 0 Å². The maximum absolute atomic E-state index is 12.2. The van der Waals surface area contributed by atoms with Crippen LogP contribution in [-0.4, -0.2) is 21.2 Å². The lowest BCUT2D eigenvalue weighted by atomic mass is 9.88. The molecule has 5 heteroatoms. The van der Waals surface area contributed by atoms with Crippen LogP contribution >= 0.6 is 23.4 Å². The molecular formula is C16H20ClNO2S. The largest absolute Gasteiger partial charge is 0.389 e. The molecule has 1 aromatic carbocycles. The number of hydrogen-bond donors (Lipinski definition) is 2. The van der Waals surface area contributed by atoms with Crippen LogP contribution in [0.2, 0.25) is 5.02 Å². The van der Waals surface area contributed by atoms with Crippen LogP contribution in [0.15, 0.2) is 35.4 Å². The number of carbonyl (C=O) groups excluding carboxylic acids is 1. The molecule has 0 bridgehead atoms. The molecule has 1 heterocycles. The first-order valence-corrected chi connectivity index (χ1v) is 8.03. The predicted molar refractivity (Wildman–Crippen MR) is 88.4 cm³/mol.